The Morgan fingerprint density at radius 2 is 2.00 bits per heavy atom. The van der Waals surface area contributed by atoms with Crippen LogP contribution in [0.4, 0.5) is 4.79 Å². The van der Waals surface area contributed by atoms with Gasteiger partial charge in [-0.2, -0.15) is 0 Å². The molecule has 1 fully saturated rings. The van der Waals surface area contributed by atoms with Crippen LogP contribution in [0.1, 0.15) is 18.4 Å². The van der Waals surface area contributed by atoms with Crippen molar-refractivity contribution in [1.82, 2.24) is 10.2 Å². The Labute approximate surface area is 100 Å². The second-order valence-electron chi connectivity index (χ2n) is 3.94. The van der Waals surface area contributed by atoms with Gasteiger partial charge in [-0.1, -0.05) is 29.8 Å². The Morgan fingerprint density at radius 3 is 2.69 bits per heavy atom. The maximum atomic E-state index is 11.7. The summed E-state index contributed by atoms with van der Waals surface area (Å²) >= 11 is 6.00. The molecule has 4 heteroatoms. The number of hydrogen-bond acceptors (Lipinski definition) is 1. The fourth-order valence-corrected chi connectivity index (χ4v) is 2.05. The fraction of sp³-hybridized carbons (Fsp3) is 0.417. The third-order valence-corrected chi connectivity index (χ3v) is 3.15. The van der Waals surface area contributed by atoms with Crippen molar-refractivity contribution >= 4 is 17.6 Å². The van der Waals surface area contributed by atoms with Crippen LogP contribution in [-0.4, -0.2) is 24.0 Å². The predicted octanol–water partition coefficient (Wildman–Crippen LogP) is 2.65. The highest BCUT2D eigenvalue weighted by Gasteiger charge is 2.17. The van der Waals surface area contributed by atoms with Crippen molar-refractivity contribution in [2.24, 2.45) is 0 Å². The molecule has 0 spiro atoms. The van der Waals surface area contributed by atoms with Gasteiger partial charge in [0.15, 0.2) is 0 Å². The molecule has 0 radical (unpaired) electrons. The Kier molecular flexibility index (Phi) is 3.67. The molecule has 0 saturated carbocycles. The van der Waals surface area contributed by atoms with E-state index in [-0.39, 0.29) is 6.03 Å². The summed E-state index contributed by atoms with van der Waals surface area (Å²) < 4.78 is 0. The predicted molar refractivity (Wildman–Crippen MR) is 64.5 cm³/mol. The Bertz CT molecular complexity index is 375. The van der Waals surface area contributed by atoms with E-state index in [1.165, 1.54) is 0 Å². The van der Waals surface area contributed by atoms with Gasteiger partial charge in [0.25, 0.3) is 0 Å². The van der Waals surface area contributed by atoms with Gasteiger partial charge >= 0.3 is 6.03 Å². The second-order valence-corrected chi connectivity index (χ2v) is 4.35. The van der Waals surface area contributed by atoms with Gasteiger partial charge in [0.1, 0.15) is 0 Å². The second kappa shape index (κ2) is 5.21. The molecule has 1 aliphatic heterocycles. The van der Waals surface area contributed by atoms with Crippen LogP contribution in [0.3, 0.4) is 0 Å². The van der Waals surface area contributed by atoms with E-state index in [4.69, 9.17) is 11.6 Å². The molecule has 86 valence electrons. The molecule has 1 saturated heterocycles. The van der Waals surface area contributed by atoms with Gasteiger partial charge < -0.3 is 10.2 Å². The van der Waals surface area contributed by atoms with Crippen LogP contribution >= 0.6 is 11.6 Å². The lowest BCUT2D eigenvalue weighted by Crippen LogP contribution is -2.37. The molecule has 2 rings (SSSR count). The lowest BCUT2D eigenvalue weighted by atomic mass is 10.2. The van der Waals surface area contributed by atoms with Crippen LogP contribution in [0, 0.1) is 0 Å². The van der Waals surface area contributed by atoms with Crippen molar-refractivity contribution in [3.63, 3.8) is 0 Å². The zero-order valence-corrected chi connectivity index (χ0v) is 9.83. The first-order valence-corrected chi connectivity index (χ1v) is 5.91. The number of rotatable bonds is 2. The van der Waals surface area contributed by atoms with Crippen LogP contribution < -0.4 is 5.32 Å². The molecule has 0 atom stereocenters. The summed E-state index contributed by atoms with van der Waals surface area (Å²) in [6.07, 6.45) is 2.22. The summed E-state index contributed by atoms with van der Waals surface area (Å²) in [6, 6.07) is 7.57. The van der Waals surface area contributed by atoms with E-state index in [0.29, 0.717) is 11.6 Å². The van der Waals surface area contributed by atoms with Crippen molar-refractivity contribution in [3.05, 3.63) is 34.9 Å². The lowest BCUT2D eigenvalue weighted by Gasteiger charge is -2.16. The number of carbonyl (C=O) groups is 1. The molecule has 1 aromatic carbocycles. The Morgan fingerprint density at radius 1 is 1.31 bits per heavy atom. The number of urea groups is 1. The molecule has 1 aliphatic rings. The SMILES string of the molecule is O=C(NCc1ccccc1Cl)N1CCCC1. The van der Waals surface area contributed by atoms with Gasteiger partial charge in [-0.05, 0) is 24.5 Å². The van der Waals surface area contributed by atoms with Crippen molar-refractivity contribution in [2.75, 3.05) is 13.1 Å². The van der Waals surface area contributed by atoms with Crippen LogP contribution in [0.25, 0.3) is 0 Å². The number of benzene rings is 1. The standard InChI is InChI=1S/C12H15ClN2O/c13-11-6-2-1-5-10(11)9-14-12(16)15-7-3-4-8-15/h1-2,5-6H,3-4,7-9H2,(H,14,16). The lowest BCUT2D eigenvalue weighted by molar-refractivity contribution is 0.208. The number of halogens is 1. The molecule has 0 unspecified atom stereocenters. The smallest absolute Gasteiger partial charge is 0.317 e. The molecule has 2 amide bonds. The van der Waals surface area contributed by atoms with Crippen LogP contribution in [0.2, 0.25) is 5.02 Å². The highest BCUT2D eigenvalue weighted by Crippen LogP contribution is 2.14. The molecule has 1 heterocycles. The van der Waals surface area contributed by atoms with Crippen LogP contribution in [0.15, 0.2) is 24.3 Å². The fourth-order valence-electron chi connectivity index (χ4n) is 1.84. The maximum absolute atomic E-state index is 11.7. The zero-order valence-electron chi connectivity index (χ0n) is 9.08. The Balaban J connectivity index is 1.87. The minimum Gasteiger partial charge on any atom is -0.334 e. The number of likely N-dealkylation sites (tertiary alicyclic amines) is 1. The first-order valence-electron chi connectivity index (χ1n) is 5.53. The number of hydrogen-bond donors (Lipinski definition) is 1. The first kappa shape index (κ1) is 11.3. The maximum Gasteiger partial charge on any atom is 0.317 e. The summed E-state index contributed by atoms with van der Waals surface area (Å²) in [4.78, 5) is 13.5. The number of amides is 2. The number of nitrogens with one attached hydrogen (secondary N) is 1. The van der Waals surface area contributed by atoms with E-state index in [1.54, 1.807) is 0 Å². The summed E-state index contributed by atoms with van der Waals surface area (Å²) in [7, 11) is 0. The molecular formula is C12H15ClN2O. The zero-order chi connectivity index (χ0) is 11.4. The number of nitrogens with zero attached hydrogens (tertiary/aromatic N) is 1. The molecular weight excluding hydrogens is 224 g/mol. The Hall–Kier alpha value is -1.22. The quantitative estimate of drug-likeness (QED) is 0.844. The number of carbonyl (C=O) groups excluding carboxylic acids is 1. The van der Waals surface area contributed by atoms with Crippen molar-refractivity contribution in [1.29, 1.82) is 0 Å². The average Bonchev–Trinajstić information content (AvgIpc) is 2.81. The molecule has 0 aromatic heterocycles. The normalized spacial score (nSPS) is 15.2. The van der Waals surface area contributed by atoms with E-state index in [1.807, 2.05) is 29.2 Å². The highest BCUT2D eigenvalue weighted by molar-refractivity contribution is 6.31. The van der Waals surface area contributed by atoms with E-state index in [9.17, 15) is 4.79 Å². The molecule has 1 aromatic rings. The van der Waals surface area contributed by atoms with Gasteiger partial charge in [-0.25, -0.2) is 4.79 Å². The van der Waals surface area contributed by atoms with Crippen molar-refractivity contribution in [2.45, 2.75) is 19.4 Å². The molecule has 1 N–H and O–H groups in total. The van der Waals surface area contributed by atoms with Gasteiger partial charge in [-0.3, -0.25) is 0 Å². The van der Waals surface area contributed by atoms with Crippen molar-refractivity contribution < 1.29 is 4.79 Å². The van der Waals surface area contributed by atoms with E-state index in [2.05, 4.69) is 5.32 Å². The van der Waals surface area contributed by atoms with Gasteiger partial charge in [0.05, 0.1) is 0 Å². The van der Waals surface area contributed by atoms with E-state index in [0.717, 1.165) is 31.5 Å². The molecule has 3 nitrogen and oxygen atoms in total. The van der Waals surface area contributed by atoms with Gasteiger partial charge in [0.2, 0.25) is 0 Å². The van der Waals surface area contributed by atoms with Gasteiger partial charge in [0, 0.05) is 24.7 Å². The summed E-state index contributed by atoms with van der Waals surface area (Å²) in [5.74, 6) is 0. The summed E-state index contributed by atoms with van der Waals surface area (Å²) in [5.41, 5.74) is 0.955. The van der Waals surface area contributed by atoms with E-state index >= 15 is 0 Å². The molecule has 0 bridgehead atoms. The highest BCUT2D eigenvalue weighted by atomic mass is 35.5. The minimum atomic E-state index is 0.0115. The average molecular weight is 239 g/mol. The van der Waals surface area contributed by atoms with Crippen molar-refractivity contribution in [3.8, 4) is 0 Å². The van der Waals surface area contributed by atoms with Crippen LogP contribution in [0.5, 0.6) is 0 Å². The minimum absolute atomic E-state index is 0.0115. The van der Waals surface area contributed by atoms with Crippen LogP contribution in [-0.2, 0) is 6.54 Å². The van der Waals surface area contributed by atoms with E-state index < -0.39 is 0 Å². The third-order valence-electron chi connectivity index (χ3n) is 2.78. The summed E-state index contributed by atoms with van der Waals surface area (Å²) in [6.45, 7) is 2.23. The first-order chi connectivity index (χ1) is 7.77. The molecule has 0 aliphatic carbocycles. The third kappa shape index (κ3) is 2.67. The largest absolute Gasteiger partial charge is 0.334 e. The monoisotopic (exact) mass is 238 g/mol. The topological polar surface area (TPSA) is 32.3 Å². The van der Waals surface area contributed by atoms with Gasteiger partial charge in [-0.15, -0.1) is 0 Å². The summed E-state index contributed by atoms with van der Waals surface area (Å²) in [5, 5.41) is 3.58. The molecule has 16 heavy (non-hydrogen) atoms.